The predicted octanol–water partition coefficient (Wildman–Crippen LogP) is 5.06. The van der Waals surface area contributed by atoms with Crippen molar-refractivity contribution in [3.05, 3.63) is 105 Å². The van der Waals surface area contributed by atoms with Gasteiger partial charge in [-0.3, -0.25) is 0 Å². The maximum atomic E-state index is 12.9. The zero-order valence-corrected chi connectivity index (χ0v) is 18.7. The van der Waals surface area contributed by atoms with Crippen LogP contribution >= 0.6 is 0 Å². The number of phenols is 2. The maximum absolute atomic E-state index is 12.9. The van der Waals surface area contributed by atoms with E-state index in [1.165, 1.54) is 12.1 Å². The summed E-state index contributed by atoms with van der Waals surface area (Å²) < 4.78 is 22.3. The topological polar surface area (TPSA) is 119 Å². The van der Waals surface area contributed by atoms with Gasteiger partial charge >= 0.3 is 11.3 Å². The SMILES string of the molecule is O=c1oc2c(O)c(OCc3ccccc3)cc3c(=O)oc4c(O)c(OCc5ccccc5)cc1c4c23. The van der Waals surface area contributed by atoms with Crippen molar-refractivity contribution in [1.29, 1.82) is 0 Å². The Morgan fingerprint density at radius 1 is 0.611 bits per heavy atom. The Hall–Kier alpha value is -4.98. The van der Waals surface area contributed by atoms with Gasteiger partial charge in [-0.25, -0.2) is 9.59 Å². The highest BCUT2D eigenvalue weighted by molar-refractivity contribution is 6.22. The van der Waals surface area contributed by atoms with E-state index < -0.39 is 22.8 Å². The Labute approximate surface area is 202 Å². The number of rotatable bonds is 6. The smallest absolute Gasteiger partial charge is 0.344 e. The number of ether oxygens (including phenoxy) is 2. The van der Waals surface area contributed by atoms with Crippen molar-refractivity contribution in [3.63, 3.8) is 0 Å². The van der Waals surface area contributed by atoms with Crippen molar-refractivity contribution in [2.45, 2.75) is 13.2 Å². The van der Waals surface area contributed by atoms with Crippen LogP contribution in [-0.2, 0) is 13.2 Å². The van der Waals surface area contributed by atoms with E-state index in [9.17, 15) is 19.8 Å². The molecule has 8 heteroatoms. The van der Waals surface area contributed by atoms with Crippen molar-refractivity contribution in [2.24, 2.45) is 0 Å². The van der Waals surface area contributed by atoms with E-state index in [1.807, 2.05) is 60.7 Å². The summed E-state index contributed by atoms with van der Waals surface area (Å²) in [6, 6.07) is 21.1. The second-order valence-corrected chi connectivity index (χ2v) is 8.28. The maximum Gasteiger partial charge on any atom is 0.344 e. The van der Waals surface area contributed by atoms with Gasteiger partial charge in [0.1, 0.15) is 13.2 Å². The third-order valence-electron chi connectivity index (χ3n) is 5.99. The molecule has 0 bridgehead atoms. The van der Waals surface area contributed by atoms with Gasteiger partial charge in [0.25, 0.3) is 0 Å². The van der Waals surface area contributed by atoms with E-state index >= 15 is 0 Å². The molecule has 0 saturated heterocycles. The summed E-state index contributed by atoms with van der Waals surface area (Å²) in [5.41, 5.74) is -0.399. The van der Waals surface area contributed by atoms with Crippen LogP contribution in [0.25, 0.3) is 32.7 Å². The minimum atomic E-state index is -0.803. The van der Waals surface area contributed by atoms with Crippen molar-refractivity contribution in [3.8, 4) is 23.0 Å². The monoisotopic (exact) mass is 482 g/mol. The summed E-state index contributed by atoms with van der Waals surface area (Å²) in [7, 11) is 0. The Kier molecular flexibility index (Phi) is 5.00. The molecule has 0 radical (unpaired) electrons. The lowest BCUT2D eigenvalue weighted by molar-refractivity contribution is 0.288. The zero-order valence-electron chi connectivity index (χ0n) is 18.7. The molecule has 0 atom stereocenters. The fourth-order valence-electron chi connectivity index (χ4n) is 4.25. The molecule has 0 fully saturated rings. The lowest BCUT2D eigenvalue weighted by atomic mass is 10.0. The lowest BCUT2D eigenvalue weighted by Gasteiger charge is -2.15. The minimum Gasteiger partial charge on any atom is -0.502 e. The van der Waals surface area contributed by atoms with Crippen molar-refractivity contribution < 1.29 is 28.5 Å². The molecule has 0 aliphatic carbocycles. The van der Waals surface area contributed by atoms with Gasteiger partial charge < -0.3 is 28.5 Å². The molecule has 178 valence electrons. The quantitative estimate of drug-likeness (QED) is 0.250. The molecule has 36 heavy (non-hydrogen) atoms. The number of benzene rings is 4. The van der Waals surface area contributed by atoms with Gasteiger partial charge in [-0.05, 0) is 23.3 Å². The van der Waals surface area contributed by atoms with E-state index in [4.69, 9.17) is 18.3 Å². The zero-order chi connectivity index (χ0) is 24.8. The number of hydrogen-bond donors (Lipinski definition) is 2. The van der Waals surface area contributed by atoms with Crippen molar-refractivity contribution in [1.82, 2.24) is 0 Å². The highest BCUT2D eigenvalue weighted by Crippen LogP contribution is 2.45. The average Bonchev–Trinajstić information content (AvgIpc) is 2.90. The van der Waals surface area contributed by atoms with Crippen LogP contribution in [0.3, 0.4) is 0 Å². The Balaban J connectivity index is 1.51. The van der Waals surface area contributed by atoms with E-state index in [1.54, 1.807) is 0 Å². The van der Waals surface area contributed by atoms with Gasteiger partial charge in [-0.15, -0.1) is 0 Å². The predicted molar refractivity (Wildman–Crippen MR) is 132 cm³/mol. The fraction of sp³-hybridized carbons (Fsp3) is 0.0714. The van der Waals surface area contributed by atoms with E-state index in [0.717, 1.165) is 11.1 Å². The average molecular weight is 482 g/mol. The van der Waals surface area contributed by atoms with Crippen LogP contribution in [0.15, 0.2) is 91.2 Å². The Bertz CT molecular complexity index is 1700. The van der Waals surface area contributed by atoms with E-state index in [0.29, 0.717) is 0 Å². The normalized spacial score (nSPS) is 11.4. The summed E-state index contributed by atoms with van der Waals surface area (Å²) in [4.78, 5) is 25.9. The largest absolute Gasteiger partial charge is 0.502 e. The summed E-state index contributed by atoms with van der Waals surface area (Å²) in [5.74, 6) is -0.964. The summed E-state index contributed by atoms with van der Waals surface area (Å²) in [6.45, 7) is 0.223. The first kappa shape index (κ1) is 21.5. The summed E-state index contributed by atoms with van der Waals surface area (Å²) in [5, 5.41) is 22.1. The molecule has 0 amide bonds. The summed E-state index contributed by atoms with van der Waals surface area (Å²) >= 11 is 0. The molecule has 2 heterocycles. The lowest BCUT2D eigenvalue weighted by Crippen LogP contribution is -2.08. The molecule has 0 aliphatic rings. The molecule has 6 aromatic rings. The van der Waals surface area contributed by atoms with Gasteiger partial charge in [0, 0.05) is 10.8 Å². The number of hydrogen-bond acceptors (Lipinski definition) is 8. The van der Waals surface area contributed by atoms with Crippen LogP contribution in [0.1, 0.15) is 11.1 Å². The summed E-state index contributed by atoms with van der Waals surface area (Å²) in [6.07, 6.45) is 0. The van der Waals surface area contributed by atoms with Gasteiger partial charge in [-0.1, -0.05) is 60.7 Å². The molecule has 2 N–H and O–H groups in total. The van der Waals surface area contributed by atoms with Crippen LogP contribution in [0.4, 0.5) is 0 Å². The highest BCUT2D eigenvalue weighted by Gasteiger charge is 2.26. The van der Waals surface area contributed by atoms with E-state index in [-0.39, 0.29) is 57.4 Å². The second kappa shape index (κ2) is 8.35. The first-order valence-electron chi connectivity index (χ1n) is 11.1. The fourth-order valence-corrected chi connectivity index (χ4v) is 4.25. The first-order valence-corrected chi connectivity index (χ1v) is 11.1. The molecule has 8 nitrogen and oxygen atoms in total. The molecule has 0 unspecified atom stereocenters. The Morgan fingerprint density at radius 2 is 1.00 bits per heavy atom. The standard InChI is InChI=1S/C28H18O8/c29-23-19(33-13-15-7-3-1-4-8-15)11-17-21-22-18(28(32)35-25(21)23)12-20(24(30)26(22)36-27(17)31)34-14-16-9-5-2-6-10-16/h1-12,29-30H,13-14H2. The highest BCUT2D eigenvalue weighted by atomic mass is 16.5. The van der Waals surface area contributed by atoms with E-state index in [2.05, 4.69) is 0 Å². The van der Waals surface area contributed by atoms with Crippen molar-refractivity contribution in [2.75, 3.05) is 0 Å². The molecule has 0 spiro atoms. The van der Waals surface area contributed by atoms with Crippen LogP contribution in [0, 0.1) is 0 Å². The first-order chi connectivity index (χ1) is 17.5. The molecule has 0 aliphatic heterocycles. The minimum absolute atomic E-state index is 0.0319. The van der Waals surface area contributed by atoms with Crippen molar-refractivity contribution >= 4 is 32.7 Å². The van der Waals surface area contributed by atoms with Gasteiger partial charge in [-0.2, -0.15) is 0 Å². The van der Waals surface area contributed by atoms with Crippen LogP contribution < -0.4 is 20.7 Å². The number of phenolic OH excluding ortho intramolecular Hbond substituents is 2. The van der Waals surface area contributed by atoms with Crippen LogP contribution in [0.2, 0.25) is 0 Å². The Morgan fingerprint density at radius 3 is 1.39 bits per heavy atom. The van der Waals surface area contributed by atoms with Gasteiger partial charge in [0.05, 0.1) is 10.8 Å². The van der Waals surface area contributed by atoms with Crippen LogP contribution in [-0.4, -0.2) is 10.2 Å². The molecule has 0 saturated carbocycles. The molecule has 2 aromatic heterocycles. The molecule has 6 rings (SSSR count). The molecular weight excluding hydrogens is 464 g/mol. The third kappa shape index (κ3) is 3.47. The third-order valence-corrected chi connectivity index (χ3v) is 5.99. The van der Waals surface area contributed by atoms with Crippen LogP contribution in [0.5, 0.6) is 23.0 Å². The molecule has 4 aromatic carbocycles. The second-order valence-electron chi connectivity index (χ2n) is 8.28. The van der Waals surface area contributed by atoms with Gasteiger partial charge in [0.2, 0.25) is 11.5 Å². The number of aromatic hydroxyl groups is 2. The van der Waals surface area contributed by atoms with Gasteiger partial charge in [0.15, 0.2) is 22.7 Å². The molecular formula is C28H18O8.